The monoisotopic (exact) mass is 307 g/mol. The maximum absolute atomic E-state index is 5.37. The largest absolute Gasteiger partial charge is 0.493 e. The van der Waals surface area contributed by atoms with Crippen LogP contribution in [0.5, 0.6) is 5.75 Å². The summed E-state index contributed by atoms with van der Waals surface area (Å²) in [6, 6.07) is 11.1. The van der Waals surface area contributed by atoms with E-state index in [4.69, 9.17) is 4.74 Å². The summed E-state index contributed by atoms with van der Waals surface area (Å²) in [5, 5.41) is 11.8. The number of hydrogen-bond donors (Lipinski definition) is 1. The Morgan fingerprint density at radius 2 is 2.04 bits per heavy atom. The number of methoxy groups -OCH3 is 1. The molecule has 0 aliphatic rings. The van der Waals surface area contributed by atoms with Gasteiger partial charge in [0.05, 0.1) is 7.11 Å². The predicted octanol–water partition coefficient (Wildman–Crippen LogP) is 2.06. The molecule has 8 nitrogen and oxygen atoms in total. The molecule has 0 saturated carbocycles. The van der Waals surface area contributed by atoms with Crippen molar-refractivity contribution >= 4 is 17.4 Å². The minimum absolute atomic E-state index is 0.432. The van der Waals surface area contributed by atoms with E-state index < -0.39 is 0 Å². The van der Waals surface area contributed by atoms with E-state index in [-0.39, 0.29) is 0 Å². The number of fused-ring (bicyclic) bond motifs is 1. The van der Waals surface area contributed by atoms with Crippen LogP contribution in [0, 0.1) is 0 Å². The second kappa shape index (κ2) is 5.41. The normalized spacial score (nSPS) is 10.8. The molecule has 4 aromatic rings. The van der Waals surface area contributed by atoms with Gasteiger partial charge in [-0.1, -0.05) is 6.07 Å². The van der Waals surface area contributed by atoms with Gasteiger partial charge in [-0.05, 0) is 30.3 Å². The number of anilines is 2. The van der Waals surface area contributed by atoms with Crippen molar-refractivity contribution in [2.45, 2.75) is 0 Å². The van der Waals surface area contributed by atoms with Crippen molar-refractivity contribution in [3.8, 4) is 11.6 Å². The van der Waals surface area contributed by atoms with Crippen LogP contribution in [-0.2, 0) is 0 Å². The highest BCUT2D eigenvalue weighted by Crippen LogP contribution is 2.23. The molecule has 0 saturated heterocycles. The number of ether oxygens (including phenoxy) is 1. The topological polar surface area (TPSA) is 82.2 Å². The predicted molar refractivity (Wildman–Crippen MR) is 84.2 cm³/mol. The Labute approximate surface area is 131 Å². The lowest BCUT2D eigenvalue weighted by Gasteiger charge is -2.06. The second-order valence-corrected chi connectivity index (χ2v) is 4.72. The van der Waals surface area contributed by atoms with Crippen LogP contribution in [0.25, 0.3) is 11.5 Å². The molecule has 0 spiro atoms. The second-order valence-electron chi connectivity index (χ2n) is 4.72. The van der Waals surface area contributed by atoms with Gasteiger partial charge in [0.2, 0.25) is 11.6 Å². The summed E-state index contributed by atoms with van der Waals surface area (Å²) in [7, 11) is 1.60. The first kappa shape index (κ1) is 13.3. The average Bonchev–Trinajstić information content (AvgIpc) is 3.24. The summed E-state index contributed by atoms with van der Waals surface area (Å²) < 4.78 is 8.76. The van der Waals surface area contributed by atoms with Gasteiger partial charge in [0.1, 0.15) is 5.82 Å². The Kier molecular flexibility index (Phi) is 3.12. The molecule has 4 aromatic heterocycles. The van der Waals surface area contributed by atoms with E-state index in [1.54, 1.807) is 28.7 Å². The summed E-state index contributed by atoms with van der Waals surface area (Å²) in [5.74, 6) is 2.49. The van der Waals surface area contributed by atoms with Gasteiger partial charge in [-0.25, -0.2) is 9.67 Å². The summed E-state index contributed by atoms with van der Waals surface area (Å²) in [6.07, 6.45) is 5.25. The van der Waals surface area contributed by atoms with E-state index in [9.17, 15) is 0 Å². The molecule has 1 N–H and O–H groups in total. The number of nitrogens with zero attached hydrogens (tertiary/aromatic N) is 6. The van der Waals surface area contributed by atoms with Crippen molar-refractivity contribution < 1.29 is 4.74 Å². The van der Waals surface area contributed by atoms with Crippen LogP contribution in [0.4, 0.5) is 11.8 Å². The van der Waals surface area contributed by atoms with Gasteiger partial charge < -0.3 is 10.1 Å². The van der Waals surface area contributed by atoms with Crippen LogP contribution in [0.3, 0.4) is 0 Å². The fraction of sp³-hybridized carbons (Fsp3) is 0.0667. The van der Waals surface area contributed by atoms with Gasteiger partial charge in [0, 0.05) is 18.6 Å². The summed E-state index contributed by atoms with van der Waals surface area (Å²) in [5.41, 5.74) is 0.596. The van der Waals surface area contributed by atoms with E-state index in [2.05, 4.69) is 25.5 Å². The van der Waals surface area contributed by atoms with Gasteiger partial charge in [0.15, 0.2) is 11.6 Å². The van der Waals surface area contributed by atoms with Crippen LogP contribution >= 0.6 is 0 Å². The number of pyridine rings is 2. The molecule has 0 aliphatic heterocycles. The molecular weight excluding hydrogens is 294 g/mol. The first-order chi connectivity index (χ1) is 11.3. The summed E-state index contributed by atoms with van der Waals surface area (Å²) in [4.78, 5) is 8.69. The van der Waals surface area contributed by atoms with Crippen LogP contribution in [0.15, 0.2) is 55.0 Å². The lowest BCUT2D eigenvalue weighted by Crippen LogP contribution is -2.05. The Morgan fingerprint density at radius 3 is 2.78 bits per heavy atom. The molecule has 4 rings (SSSR count). The zero-order valence-corrected chi connectivity index (χ0v) is 12.3. The first-order valence-corrected chi connectivity index (χ1v) is 6.97. The zero-order chi connectivity index (χ0) is 15.6. The van der Waals surface area contributed by atoms with Gasteiger partial charge in [-0.3, -0.25) is 0 Å². The minimum atomic E-state index is 0.432. The number of aromatic nitrogens is 6. The average molecular weight is 307 g/mol. The van der Waals surface area contributed by atoms with E-state index in [0.717, 1.165) is 5.82 Å². The first-order valence-electron chi connectivity index (χ1n) is 6.97. The molecule has 23 heavy (non-hydrogen) atoms. The van der Waals surface area contributed by atoms with Gasteiger partial charge in [-0.2, -0.15) is 14.6 Å². The molecule has 0 bridgehead atoms. The summed E-state index contributed by atoms with van der Waals surface area (Å²) >= 11 is 0. The Balaban J connectivity index is 1.84. The van der Waals surface area contributed by atoms with E-state index in [1.807, 2.05) is 42.6 Å². The van der Waals surface area contributed by atoms with Crippen molar-refractivity contribution in [3.05, 3.63) is 55.0 Å². The Hall–Kier alpha value is -3.42. The van der Waals surface area contributed by atoms with Crippen molar-refractivity contribution in [1.29, 1.82) is 0 Å². The maximum atomic E-state index is 5.37. The third-order valence-electron chi connectivity index (χ3n) is 3.29. The van der Waals surface area contributed by atoms with E-state index in [1.165, 1.54) is 0 Å². The molecular formula is C15H13N7O. The smallest absolute Gasteiger partial charge is 0.248 e. The molecule has 8 heteroatoms. The van der Waals surface area contributed by atoms with Gasteiger partial charge >= 0.3 is 0 Å². The highest BCUT2D eigenvalue weighted by molar-refractivity contribution is 5.60. The standard InChI is InChI=1S/C15H13N7O/c1-23-11-6-7-13(21-10-4-9-17-21)22-14(11)19-15(20-22)18-12-5-2-3-8-16-12/h2-10H,1H3,(H,16,18,20). The van der Waals surface area contributed by atoms with E-state index in [0.29, 0.717) is 23.2 Å². The number of rotatable bonds is 4. The van der Waals surface area contributed by atoms with Crippen LogP contribution in [0.2, 0.25) is 0 Å². The SMILES string of the molecule is COc1ccc(-n2cccn2)n2nc(Nc3ccccn3)nc12. The highest BCUT2D eigenvalue weighted by atomic mass is 16.5. The molecule has 0 unspecified atom stereocenters. The molecule has 0 aliphatic carbocycles. The van der Waals surface area contributed by atoms with Gasteiger partial charge in [-0.15, -0.1) is 5.10 Å². The summed E-state index contributed by atoms with van der Waals surface area (Å²) in [6.45, 7) is 0. The van der Waals surface area contributed by atoms with Gasteiger partial charge in [0.25, 0.3) is 0 Å². The minimum Gasteiger partial charge on any atom is -0.493 e. The molecule has 114 valence electrons. The Morgan fingerprint density at radius 1 is 1.09 bits per heavy atom. The number of nitrogens with one attached hydrogen (secondary N) is 1. The molecule has 0 fully saturated rings. The third-order valence-corrected chi connectivity index (χ3v) is 3.29. The molecule has 0 atom stereocenters. The molecule has 4 heterocycles. The lowest BCUT2D eigenvalue weighted by atomic mass is 10.4. The fourth-order valence-corrected chi connectivity index (χ4v) is 2.27. The molecule has 0 aromatic carbocycles. The van der Waals surface area contributed by atoms with Crippen LogP contribution in [0.1, 0.15) is 0 Å². The molecule has 0 amide bonds. The maximum Gasteiger partial charge on any atom is 0.248 e. The number of hydrogen-bond acceptors (Lipinski definition) is 6. The highest BCUT2D eigenvalue weighted by Gasteiger charge is 2.14. The Bertz CT molecular complexity index is 931. The van der Waals surface area contributed by atoms with Crippen molar-refractivity contribution in [2.75, 3.05) is 12.4 Å². The third kappa shape index (κ3) is 2.35. The van der Waals surface area contributed by atoms with Crippen molar-refractivity contribution in [1.82, 2.24) is 29.4 Å². The van der Waals surface area contributed by atoms with Crippen LogP contribution < -0.4 is 10.1 Å². The molecule has 0 radical (unpaired) electrons. The van der Waals surface area contributed by atoms with Crippen molar-refractivity contribution in [2.24, 2.45) is 0 Å². The quantitative estimate of drug-likeness (QED) is 0.621. The van der Waals surface area contributed by atoms with Crippen molar-refractivity contribution in [3.63, 3.8) is 0 Å². The van der Waals surface area contributed by atoms with E-state index >= 15 is 0 Å². The lowest BCUT2D eigenvalue weighted by molar-refractivity contribution is 0.416. The fourth-order valence-electron chi connectivity index (χ4n) is 2.27. The van der Waals surface area contributed by atoms with Crippen LogP contribution in [-0.4, -0.2) is 36.5 Å². The zero-order valence-electron chi connectivity index (χ0n) is 12.3.